The van der Waals surface area contributed by atoms with Crippen LogP contribution in [0.5, 0.6) is 0 Å². The smallest absolute Gasteiger partial charge is 0.185 e. The third-order valence-corrected chi connectivity index (χ3v) is 4.42. The van der Waals surface area contributed by atoms with Gasteiger partial charge in [0.15, 0.2) is 5.13 Å². The van der Waals surface area contributed by atoms with Crippen LogP contribution in [-0.4, -0.2) is 24.1 Å². The molecule has 0 spiro atoms. The van der Waals surface area contributed by atoms with Crippen molar-refractivity contribution in [3.8, 4) is 0 Å². The Labute approximate surface area is 128 Å². The number of nitrogens with zero attached hydrogens (tertiary/aromatic N) is 2. The Morgan fingerprint density at radius 3 is 2.55 bits per heavy atom. The molecule has 0 aliphatic heterocycles. The van der Waals surface area contributed by atoms with E-state index in [1.165, 1.54) is 30.1 Å². The predicted molar refractivity (Wildman–Crippen MR) is 90.8 cm³/mol. The van der Waals surface area contributed by atoms with Crippen LogP contribution in [-0.2, 0) is 0 Å². The molecule has 20 heavy (non-hydrogen) atoms. The van der Waals surface area contributed by atoms with Crippen molar-refractivity contribution < 1.29 is 0 Å². The van der Waals surface area contributed by atoms with Crippen LogP contribution in [0.2, 0.25) is 0 Å². The van der Waals surface area contributed by atoms with E-state index in [1.54, 1.807) is 11.3 Å². The van der Waals surface area contributed by atoms with Crippen molar-refractivity contribution in [1.29, 1.82) is 0 Å². The van der Waals surface area contributed by atoms with Crippen molar-refractivity contribution in [2.75, 3.05) is 18.0 Å². The Balaban J connectivity index is 2.65. The Morgan fingerprint density at radius 1 is 1.20 bits per heavy atom. The molecule has 116 valence electrons. The molecule has 1 rings (SSSR count). The van der Waals surface area contributed by atoms with Crippen molar-refractivity contribution in [1.82, 2.24) is 10.3 Å². The monoisotopic (exact) mass is 297 g/mol. The maximum atomic E-state index is 4.85. The molecule has 0 aliphatic carbocycles. The standard InChI is InChI=1S/C16H31N3S/c1-6-8-9-11-19(13(3)4)16-18-15(12-20-16)14(5)17-10-7-2/h12-14,17H,6-11H2,1-5H3. The molecule has 1 heterocycles. The van der Waals surface area contributed by atoms with Gasteiger partial charge in [0.25, 0.3) is 0 Å². The van der Waals surface area contributed by atoms with Crippen LogP contribution >= 0.6 is 11.3 Å². The molecule has 1 N–H and O–H groups in total. The van der Waals surface area contributed by atoms with E-state index in [4.69, 9.17) is 4.98 Å². The average molecular weight is 298 g/mol. The van der Waals surface area contributed by atoms with E-state index in [1.807, 2.05) is 0 Å². The molecule has 1 aromatic rings. The van der Waals surface area contributed by atoms with Crippen molar-refractivity contribution in [2.24, 2.45) is 0 Å². The lowest BCUT2D eigenvalue weighted by Crippen LogP contribution is -2.31. The molecule has 1 aromatic heterocycles. The molecule has 1 unspecified atom stereocenters. The molecule has 1 atom stereocenters. The van der Waals surface area contributed by atoms with Gasteiger partial charge in [0.1, 0.15) is 0 Å². The first-order valence-electron chi connectivity index (χ1n) is 8.05. The zero-order valence-corrected chi connectivity index (χ0v) is 14.6. The highest BCUT2D eigenvalue weighted by Gasteiger charge is 2.16. The molecule has 3 nitrogen and oxygen atoms in total. The van der Waals surface area contributed by atoms with E-state index in [-0.39, 0.29) is 0 Å². The molecular formula is C16H31N3S. The van der Waals surface area contributed by atoms with Crippen molar-refractivity contribution in [3.05, 3.63) is 11.1 Å². The summed E-state index contributed by atoms with van der Waals surface area (Å²) >= 11 is 1.78. The van der Waals surface area contributed by atoms with Crippen LogP contribution in [0.3, 0.4) is 0 Å². The molecule has 0 saturated carbocycles. The lowest BCUT2D eigenvalue weighted by atomic mass is 10.2. The van der Waals surface area contributed by atoms with Crippen LogP contribution in [0.1, 0.15) is 72.0 Å². The summed E-state index contributed by atoms with van der Waals surface area (Å²) in [7, 11) is 0. The van der Waals surface area contributed by atoms with E-state index >= 15 is 0 Å². The normalized spacial score (nSPS) is 12.9. The van der Waals surface area contributed by atoms with E-state index < -0.39 is 0 Å². The van der Waals surface area contributed by atoms with Crippen molar-refractivity contribution >= 4 is 16.5 Å². The number of unbranched alkanes of at least 4 members (excludes halogenated alkanes) is 2. The molecule has 0 amide bonds. The maximum absolute atomic E-state index is 4.85. The van der Waals surface area contributed by atoms with Gasteiger partial charge >= 0.3 is 0 Å². The average Bonchev–Trinajstić information content (AvgIpc) is 2.90. The third-order valence-electron chi connectivity index (χ3n) is 3.53. The topological polar surface area (TPSA) is 28.2 Å². The highest BCUT2D eigenvalue weighted by molar-refractivity contribution is 7.13. The minimum absolute atomic E-state index is 0.351. The predicted octanol–water partition coefficient (Wildman–Crippen LogP) is 4.61. The van der Waals surface area contributed by atoms with Crippen LogP contribution in [0, 0.1) is 0 Å². The zero-order chi connectivity index (χ0) is 15.0. The number of hydrogen-bond donors (Lipinski definition) is 1. The Hall–Kier alpha value is -0.610. The summed E-state index contributed by atoms with van der Waals surface area (Å²) in [5.74, 6) is 0. The lowest BCUT2D eigenvalue weighted by molar-refractivity contribution is 0.559. The van der Waals surface area contributed by atoms with E-state index in [2.05, 4.69) is 50.2 Å². The second-order valence-corrected chi connectivity index (χ2v) is 6.56. The van der Waals surface area contributed by atoms with Gasteiger partial charge < -0.3 is 10.2 Å². The highest BCUT2D eigenvalue weighted by atomic mass is 32.1. The van der Waals surface area contributed by atoms with Gasteiger partial charge in [-0.3, -0.25) is 0 Å². The Kier molecular flexibility index (Phi) is 8.15. The van der Waals surface area contributed by atoms with Crippen molar-refractivity contribution in [2.45, 2.75) is 72.4 Å². The summed E-state index contributed by atoms with van der Waals surface area (Å²) in [6.45, 7) is 13.3. The number of rotatable bonds is 10. The number of hydrogen-bond acceptors (Lipinski definition) is 4. The Morgan fingerprint density at radius 2 is 1.95 bits per heavy atom. The summed E-state index contributed by atoms with van der Waals surface area (Å²) in [5, 5.41) is 6.89. The number of aromatic nitrogens is 1. The lowest BCUT2D eigenvalue weighted by Gasteiger charge is -2.26. The van der Waals surface area contributed by atoms with E-state index in [0.29, 0.717) is 12.1 Å². The van der Waals surface area contributed by atoms with Gasteiger partial charge in [-0.25, -0.2) is 4.98 Å². The van der Waals surface area contributed by atoms with Gasteiger partial charge in [0.2, 0.25) is 0 Å². The molecule has 0 aliphatic rings. The third kappa shape index (κ3) is 5.41. The molecular weight excluding hydrogens is 266 g/mol. The zero-order valence-electron chi connectivity index (χ0n) is 13.8. The summed E-state index contributed by atoms with van der Waals surface area (Å²) in [4.78, 5) is 7.29. The molecule has 4 heteroatoms. The molecule has 0 fully saturated rings. The SMILES string of the molecule is CCCCCN(c1nc(C(C)NCCC)cs1)C(C)C. The number of thiazole rings is 1. The number of anilines is 1. The fraction of sp³-hybridized carbons (Fsp3) is 0.812. The largest absolute Gasteiger partial charge is 0.346 e. The summed E-state index contributed by atoms with van der Waals surface area (Å²) in [5.41, 5.74) is 1.18. The first-order chi connectivity index (χ1) is 9.60. The molecule has 0 aromatic carbocycles. The summed E-state index contributed by atoms with van der Waals surface area (Å²) < 4.78 is 0. The van der Waals surface area contributed by atoms with Crippen LogP contribution < -0.4 is 10.2 Å². The van der Waals surface area contributed by atoms with Gasteiger partial charge in [-0.2, -0.15) is 0 Å². The minimum Gasteiger partial charge on any atom is -0.346 e. The first kappa shape index (κ1) is 17.4. The molecule has 0 radical (unpaired) electrons. The van der Waals surface area contributed by atoms with Crippen molar-refractivity contribution in [3.63, 3.8) is 0 Å². The van der Waals surface area contributed by atoms with Gasteiger partial charge in [0.05, 0.1) is 5.69 Å². The second-order valence-electron chi connectivity index (χ2n) is 5.73. The summed E-state index contributed by atoms with van der Waals surface area (Å²) in [6.07, 6.45) is 4.99. The van der Waals surface area contributed by atoms with Crippen LogP contribution in [0.15, 0.2) is 5.38 Å². The van der Waals surface area contributed by atoms with Crippen LogP contribution in [0.4, 0.5) is 5.13 Å². The van der Waals surface area contributed by atoms with E-state index in [9.17, 15) is 0 Å². The fourth-order valence-corrected chi connectivity index (χ4v) is 3.26. The van der Waals surface area contributed by atoms with Crippen LogP contribution in [0.25, 0.3) is 0 Å². The minimum atomic E-state index is 0.351. The Bertz CT molecular complexity index is 362. The second kappa shape index (κ2) is 9.35. The highest BCUT2D eigenvalue weighted by Crippen LogP contribution is 2.26. The quantitative estimate of drug-likeness (QED) is 0.639. The van der Waals surface area contributed by atoms with Gasteiger partial charge in [-0.15, -0.1) is 11.3 Å². The summed E-state index contributed by atoms with van der Waals surface area (Å²) in [6, 6.07) is 0.870. The van der Waals surface area contributed by atoms with Gasteiger partial charge in [0, 0.05) is 24.0 Å². The maximum Gasteiger partial charge on any atom is 0.185 e. The fourth-order valence-electron chi connectivity index (χ4n) is 2.18. The van der Waals surface area contributed by atoms with E-state index in [0.717, 1.165) is 19.5 Å². The number of nitrogens with one attached hydrogen (secondary N) is 1. The molecule has 0 saturated heterocycles. The van der Waals surface area contributed by atoms with Gasteiger partial charge in [-0.05, 0) is 40.2 Å². The first-order valence-corrected chi connectivity index (χ1v) is 8.93. The molecule has 0 bridgehead atoms. The van der Waals surface area contributed by atoms with Gasteiger partial charge in [-0.1, -0.05) is 26.7 Å².